The second-order valence-electron chi connectivity index (χ2n) is 5.03. The Bertz CT molecular complexity index is 679. The number of amides is 1. The number of hydrogen-bond acceptors (Lipinski definition) is 4. The van der Waals surface area contributed by atoms with E-state index >= 15 is 0 Å². The summed E-state index contributed by atoms with van der Waals surface area (Å²) in [6.07, 6.45) is 0.630. The summed E-state index contributed by atoms with van der Waals surface area (Å²) in [6.45, 7) is 5.48. The summed E-state index contributed by atoms with van der Waals surface area (Å²) in [5, 5.41) is 4.93. The Morgan fingerprint density at radius 1 is 1.48 bits per heavy atom. The molecule has 0 aromatic heterocycles. The van der Waals surface area contributed by atoms with Gasteiger partial charge in [-0.2, -0.15) is 5.06 Å². The van der Waals surface area contributed by atoms with E-state index in [1.807, 2.05) is 24.1 Å². The molecular formula is C18H23ClN4O2. The second kappa shape index (κ2) is 11.3. The van der Waals surface area contributed by atoms with E-state index < -0.39 is 0 Å². The molecule has 0 heterocycles. The third-order valence-electron chi connectivity index (χ3n) is 3.36. The molecule has 25 heavy (non-hydrogen) atoms. The molecule has 0 unspecified atom stereocenters. The number of hydroxylamine groups is 2. The van der Waals surface area contributed by atoms with Crippen molar-refractivity contribution in [1.29, 1.82) is 0 Å². The molecule has 0 saturated carbocycles. The van der Waals surface area contributed by atoms with E-state index in [0.29, 0.717) is 36.1 Å². The summed E-state index contributed by atoms with van der Waals surface area (Å²) in [4.78, 5) is 21.8. The first kappa shape index (κ1) is 20.7. The Balaban J connectivity index is 2.96. The van der Waals surface area contributed by atoms with E-state index in [-0.39, 0.29) is 6.54 Å². The molecule has 1 rings (SSSR count). The average molecular weight is 363 g/mol. The highest BCUT2D eigenvalue weighted by Crippen LogP contribution is 2.10. The molecule has 1 aromatic rings. The Kier molecular flexibility index (Phi) is 9.33. The zero-order valence-corrected chi connectivity index (χ0v) is 15.5. The van der Waals surface area contributed by atoms with Gasteiger partial charge in [-0.05, 0) is 24.1 Å². The van der Waals surface area contributed by atoms with Gasteiger partial charge in [0, 0.05) is 37.8 Å². The lowest BCUT2D eigenvalue weighted by molar-refractivity contribution is -0.110. The van der Waals surface area contributed by atoms with Gasteiger partial charge in [0.2, 0.25) is 6.41 Å². The van der Waals surface area contributed by atoms with Crippen molar-refractivity contribution in [1.82, 2.24) is 15.3 Å². The molecule has 1 aromatic carbocycles. The highest BCUT2D eigenvalue weighted by atomic mass is 35.5. The van der Waals surface area contributed by atoms with Crippen molar-refractivity contribution in [2.24, 2.45) is 4.99 Å². The minimum atomic E-state index is 0.286. The fraction of sp³-hybridized carbons (Fsp3) is 0.333. The van der Waals surface area contributed by atoms with Gasteiger partial charge in [0.15, 0.2) is 0 Å². The number of hydrogen-bond donors (Lipinski definition) is 1. The van der Waals surface area contributed by atoms with E-state index in [4.69, 9.17) is 16.4 Å². The second-order valence-corrected chi connectivity index (χ2v) is 5.47. The molecule has 0 aliphatic heterocycles. The SMILES string of the molecule is C=C(C#Cc1cccc(Cl)c1)N(CCN(C)OC)C(CNC=O)=NC. The van der Waals surface area contributed by atoms with Crippen LogP contribution in [0.15, 0.2) is 41.5 Å². The third-order valence-corrected chi connectivity index (χ3v) is 3.60. The predicted octanol–water partition coefficient (Wildman–Crippen LogP) is 1.77. The molecule has 0 aliphatic carbocycles. The highest BCUT2D eigenvalue weighted by Gasteiger charge is 2.14. The summed E-state index contributed by atoms with van der Waals surface area (Å²) in [5.74, 6) is 6.72. The maximum Gasteiger partial charge on any atom is 0.207 e. The first-order valence-electron chi connectivity index (χ1n) is 7.63. The molecule has 0 saturated heterocycles. The van der Waals surface area contributed by atoms with Gasteiger partial charge < -0.3 is 15.1 Å². The zero-order chi connectivity index (χ0) is 18.7. The number of nitrogens with one attached hydrogen (secondary N) is 1. The number of aliphatic imine (C=N–C) groups is 1. The van der Waals surface area contributed by atoms with Crippen molar-refractivity contribution in [2.45, 2.75) is 0 Å². The molecule has 7 heteroatoms. The number of carbonyl (C=O) groups is 1. The van der Waals surface area contributed by atoms with Gasteiger partial charge in [-0.25, -0.2) is 0 Å². The van der Waals surface area contributed by atoms with Crippen LogP contribution in [0.3, 0.4) is 0 Å². The lowest BCUT2D eigenvalue weighted by Gasteiger charge is -2.27. The highest BCUT2D eigenvalue weighted by molar-refractivity contribution is 6.30. The van der Waals surface area contributed by atoms with E-state index in [1.165, 1.54) is 0 Å². The number of nitrogens with zero attached hydrogens (tertiary/aromatic N) is 3. The lowest BCUT2D eigenvalue weighted by Crippen LogP contribution is -2.41. The molecule has 1 amide bonds. The first-order valence-corrected chi connectivity index (χ1v) is 8.01. The number of amidine groups is 1. The largest absolute Gasteiger partial charge is 0.351 e. The van der Waals surface area contributed by atoms with Crippen LogP contribution in [0.5, 0.6) is 0 Å². The van der Waals surface area contributed by atoms with Crippen LogP contribution in [0.1, 0.15) is 5.56 Å². The number of allylic oxidation sites excluding steroid dienone is 1. The Morgan fingerprint density at radius 2 is 2.24 bits per heavy atom. The van der Waals surface area contributed by atoms with Gasteiger partial charge in [-0.1, -0.05) is 30.2 Å². The number of carbonyl (C=O) groups excluding carboxylic acids is 1. The van der Waals surface area contributed by atoms with Crippen LogP contribution >= 0.6 is 11.6 Å². The average Bonchev–Trinajstić information content (AvgIpc) is 2.62. The molecule has 1 N–H and O–H groups in total. The third kappa shape index (κ3) is 7.40. The van der Waals surface area contributed by atoms with Crippen LogP contribution in [-0.2, 0) is 9.63 Å². The maximum atomic E-state index is 10.6. The van der Waals surface area contributed by atoms with E-state index in [2.05, 4.69) is 28.7 Å². The van der Waals surface area contributed by atoms with Gasteiger partial charge in [-0.3, -0.25) is 9.79 Å². The van der Waals surface area contributed by atoms with Crippen molar-refractivity contribution in [3.63, 3.8) is 0 Å². The van der Waals surface area contributed by atoms with Gasteiger partial charge in [-0.15, -0.1) is 0 Å². The van der Waals surface area contributed by atoms with Gasteiger partial charge in [0.25, 0.3) is 0 Å². The van der Waals surface area contributed by atoms with Crippen LogP contribution in [-0.4, -0.2) is 63.0 Å². The minimum absolute atomic E-state index is 0.286. The molecular weight excluding hydrogens is 340 g/mol. The van der Waals surface area contributed by atoms with Gasteiger partial charge in [0.05, 0.1) is 19.4 Å². The summed E-state index contributed by atoms with van der Waals surface area (Å²) in [6, 6.07) is 7.29. The van der Waals surface area contributed by atoms with Crippen LogP contribution in [0.4, 0.5) is 0 Å². The quantitative estimate of drug-likeness (QED) is 0.252. The van der Waals surface area contributed by atoms with Crippen LogP contribution in [0, 0.1) is 11.8 Å². The Labute approximate surface area is 154 Å². The minimum Gasteiger partial charge on any atom is -0.351 e. The topological polar surface area (TPSA) is 57.2 Å². The lowest BCUT2D eigenvalue weighted by atomic mass is 10.2. The molecule has 0 radical (unpaired) electrons. The summed E-state index contributed by atoms with van der Waals surface area (Å²) in [5.41, 5.74) is 1.36. The van der Waals surface area contributed by atoms with Crippen molar-refractivity contribution < 1.29 is 9.63 Å². The number of benzene rings is 1. The number of rotatable bonds is 8. The van der Waals surface area contributed by atoms with E-state index in [0.717, 1.165) is 5.56 Å². The van der Waals surface area contributed by atoms with Gasteiger partial charge in [0.1, 0.15) is 5.84 Å². The Hall–Kier alpha value is -2.33. The summed E-state index contributed by atoms with van der Waals surface area (Å²) >= 11 is 5.97. The van der Waals surface area contributed by atoms with Crippen LogP contribution < -0.4 is 5.32 Å². The van der Waals surface area contributed by atoms with Crippen LogP contribution in [0.25, 0.3) is 0 Å². The molecule has 0 bridgehead atoms. The monoisotopic (exact) mass is 362 g/mol. The normalized spacial score (nSPS) is 10.8. The van der Waals surface area contributed by atoms with Crippen LogP contribution in [0.2, 0.25) is 5.02 Å². The van der Waals surface area contributed by atoms with E-state index in [9.17, 15) is 4.79 Å². The summed E-state index contributed by atoms with van der Waals surface area (Å²) in [7, 11) is 5.08. The smallest absolute Gasteiger partial charge is 0.207 e. The zero-order valence-electron chi connectivity index (χ0n) is 14.8. The fourth-order valence-electron chi connectivity index (χ4n) is 1.96. The molecule has 6 nitrogen and oxygen atoms in total. The fourth-order valence-corrected chi connectivity index (χ4v) is 2.15. The number of halogens is 1. The molecule has 0 spiro atoms. The molecule has 0 atom stereocenters. The molecule has 0 fully saturated rings. The standard InChI is InChI=1S/C18H23ClN4O2/c1-15(8-9-16-6-5-7-17(19)12-16)23(11-10-22(3)25-4)18(20-2)13-21-14-24/h5-7,12,14H,1,10-11,13H2,2-4H3,(H,21,24). The van der Waals surface area contributed by atoms with Crippen molar-refractivity contribution in [3.8, 4) is 11.8 Å². The maximum absolute atomic E-state index is 10.6. The molecule has 134 valence electrons. The van der Waals surface area contributed by atoms with E-state index in [1.54, 1.807) is 31.4 Å². The van der Waals surface area contributed by atoms with Crippen molar-refractivity contribution in [2.75, 3.05) is 40.8 Å². The summed E-state index contributed by atoms with van der Waals surface area (Å²) < 4.78 is 0. The molecule has 0 aliphatic rings. The predicted molar refractivity (Wildman–Crippen MR) is 101 cm³/mol. The van der Waals surface area contributed by atoms with Gasteiger partial charge >= 0.3 is 0 Å². The Morgan fingerprint density at radius 3 is 2.84 bits per heavy atom. The van der Waals surface area contributed by atoms with Crippen molar-refractivity contribution in [3.05, 3.63) is 47.1 Å². The first-order chi connectivity index (χ1) is 12.0. The van der Waals surface area contributed by atoms with Crippen molar-refractivity contribution >= 4 is 23.8 Å². The number of likely N-dealkylation sites (N-methyl/N-ethyl adjacent to an activating group) is 1.